The average Bonchev–Trinajstić information content (AvgIpc) is 2.84. The van der Waals surface area contributed by atoms with Gasteiger partial charge >= 0.3 is 0 Å². The Balaban J connectivity index is 2.20. The number of hydrogen-bond donors (Lipinski definition) is 1. The third-order valence-corrected chi connectivity index (χ3v) is 3.27. The molecule has 2 heterocycles. The van der Waals surface area contributed by atoms with Crippen LogP contribution in [0.25, 0.3) is 0 Å². The van der Waals surface area contributed by atoms with Crippen molar-refractivity contribution in [3.8, 4) is 0 Å². The predicted molar refractivity (Wildman–Crippen MR) is 60.9 cm³/mol. The van der Waals surface area contributed by atoms with Gasteiger partial charge in [0.15, 0.2) is 0 Å². The first kappa shape index (κ1) is 11.5. The fourth-order valence-corrected chi connectivity index (χ4v) is 2.33. The number of rotatable bonds is 4. The molecule has 3 unspecified atom stereocenters. The third-order valence-electron chi connectivity index (χ3n) is 3.27. The Hall–Kier alpha value is -0.940. The van der Waals surface area contributed by atoms with Crippen molar-refractivity contribution in [3.63, 3.8) is 0 Å². The molecule has 1 fully saturated rings. The molecular weight excluding hydrogens is 204 g/mol. The van der Waals surface area contributed by atoms with Crippen molar-refractivity contribution in [2.45, 2.75) is 32.4 Å². The second kappa shape index (κ2) is 4.93. The van der Waals surface area contributed by atoms with E-state index in [0.717, 1.165) is 25.3 Å². The van der Waals surface area contributed by atoms with E-state index in [1.807, 2.05) is 17.9 Å². The summed E-state index contributed by atoms with van der Waals surface area (Å²) < 4.78 is 7.65. The quantitative estimate of drug-likeness (QED) is 0.825. The molecule has 0 bridgehead atoms. The van der Waals surface area contributed by atoms with Crippen molar-refractivity contribution >= 4 is 0 Å². The SMILES string of the molecule is CCNC(c1cnnn1C)C1OCCC1C. The molecule has 0 spiro atoms. The van der Waals surface area contributed by atoms with E-state index >= 15 is 0 Å². The summed E-state index contributed by atoms with van der Waals surface area (Å²) in [7, 11) is 1.92. The van der Waals surface area contributed by atoms with Crippen LogP contribution in [0, 0.1) is 5.92 Å². The summed E-state index contributed by atoms with van der Waals surface area (Å²) in [5, 5.41) is 11.4. The van der Waals surface area contributed by atoms with Gasteiger partial charge in [-0.05, 0) is 18.9 Å². The van der Waals surface area contributed by atoms with E-state index in [9.17, 15) is 0 Å². The standard InChI is InChI=1S/C11H20N4O/c1-4-12-10(9-7-13-14-15(9)3)11-8(2)5-6-16-11/h7-8,10-12H,4-6H2,1-3H3. The predicted octanol–water partition coefficient (Wildman–Crippen LogP) is 0.891. The van der Waals surface area contributed by atoms with Crippen LogP contribution in [-0.4, -0.2) is 34.2 Å². The minimum absolute atomic E-state index is 0.197. The molecule has 5 heteroatoms. The Morgan fingerprint density at radius 3 is 3.00 bits per heavy atom. The monoisotopic (exact) mass is 224 g/mol. The number of nitrogens with zero attached hydrogens (tertiary/aromatic N) is 3. The summed E-state index contributed by atoms with van der Waals surface area (Å²) in [6.45, 7) is 6.13. The zero-order valence-corrected chi connectivity index (χ0v) is 10.2. The van der Waals surface area contributed by atoms with Gasteiger partial charge in [0.2, 0.25) is 0 Å². The van der Waals surface area contributed by atoms with E-state index < -0.39 is 0 Å². The van der Waals surface area contributed by atoms with Crippen molar-refractivity contribution in [2.24, 2.45) is 13.0 Å². The lowest BCUT2D eigenvalue weighted by Gasteiger charge is -2.26. The minimum atomic E-state index is 0.197. The highest BCUT2D eigenvalue weighted by molar-refractivity contribution is 5.06. The number of likely N-dealkylation sites (N-methyl/N-ethyl adjacent to an activating group) is 1. The zero-order valence-electron chi connectivity index (χ0n) is 10.2. The van der Waals surface area contributed by atoms with E-state index in [4.69, 9.17) is 4.74 Å². The minimum Gasteiger partial charge on any atom is -0.376 e. The van der Waals surface area contributed by atoms with Gasteiger partial charge in [0.1, 0.15) is 0 Å². The lowest BCUT2D eigenvalue weighted by molar-refractivity contribution is 0.0587. The van der Waals surface area contributed by atoms with E-state index in [1.165, 1.54) is 0 Å². The second-order valence-electron chi connectivity index (χ2n) is 4.42. The van der Waals surface area contributed by atoms with Crippen LogP contribution in [0.3, 0.4) is 0 Å². The first-order chi connectivity index (χ1) is 7.74. The van der Waals surface area contributed by atoms with Gasteiger partial charge < -0.3 is 10.1 Å². The van der Waals surface area contributed by atoms with Crippen LogP contribution in [0.5, 0.6) is 0 Å². The highest BCUT2D eigenvalue weighted by Crippen LogP contribution is 2.30. The van der Waals surface area contributed by atoms with Crippen LogP contribution in [0.2, 0.25) is 0 Å². The summed E-state index contributed by atoms with van der Waals surface area (Å²) in [4.78, 5) is 0. The van der Waals surface area contributed by atoms with Crippen LogP contribution in [-0.2, 0) is 11.8 Å². The van der Waals surface area contributed by atoms with Gasteiger partial charge in [0.25, 0.3) is 0 Å². The van der Waals surface area contributed by atoms with Crippen molar-refractivity contribution < 1.29 is 4.74 Å². The molecule has 90 valence electrons. The largest absolute Gasteiger partial charge is 0.376 e. The van der Waals surface area contributed by atoms with Crippen LogP contribution in [0.4, 0.5) is 0 Å². The average molecular weight is 224 g/mol. The van der Waals surface area contributed by atoms with Gasteiger partial charge in [0.05, 0.1) is 24.0 Å². The Bertz CT molecular complexity index is 338. The summed E-state index contributed by atoms with van der Waals surface area (Å²) in [6.07, 6.45) is 3.19. The van der Waals surface area contributed by atoms with E-state index in [-0.39, 0.29) is 12.1 Å². The van der Waals surface area contributed by atoms with Crippen molar-refractivity contribution in [1.82, 2.24) is 20.3 Å². The van der Waals surface area contributed by atoms with E-state index in [1.54, 1.807) is 0 Å². The number of aryl methyl sites for hydroxylation is 1. The lowest BCUT2D eigenvalue weighted by Crippen LogP contribution is -2.36. The molecule has 5 nitrogen and oxygen atoms in total. The molecule has 0 saturated carbocycles. The third kappa shape index (κ3) is 2.10. The van der Waals surface area contributed by atoms with Crippen LogP contribution < -0.4 is 5.32 Å². The smallest absolute Gasteiger partial charge is 0.0811 e. The molecule has 1 aliphatic rings. The summed E-state index contributed by atoms with van der Waals surface area (Å²) in [5.41, 5.74) is 1.10. The molecule has 2 rings (SSSR count). The molecule has 0 aliphatic carbocycles. The van der Waals surface area contributed by atoms with Gasteiger partial charge in [-0.25, -0.2) is 0 Å². The Morgan fingerprint density at radius 2 is 2.50 bits per heavy atom. The van der Waals surface area contributed by atoms with Gasteiger partial charge in [0, 0.05) is 13.7 Å². The first-order valence-electron chi connectivity index (χ1n) is 5.93. The highest BCUT2D eigenvalue weighted by atomic mass is 16.5. The number of nitrogens with one attached hydrogen (secondary N) is 1. The fourth-order valence-electron chi connectivity index (χ4n) is 2.33. The maximum absolute atomic E-state index is 5.83. The van der Waals surface area contributed by atoms with Gasteiger partial charge in [-0.2, -0.15) is 0 Å². The van der Waals surface area contributed by atoms with E-state index in [0.29, 0.717) is 5.92 Å². The first-order valence-corrected chi connectivity index (χ1v) is 5.93. The van der Waals surface area contributed by atoms with Crippen molar-refractivity contribution in [1.29, 1.82) is 0 Å². The van der Waals surface area contributed by atoms with Gasteiger partial charge in [-0.3, -0.25) is 4.68 Å². The van der Waals surface area contributed by atoms with Gasteiger partial charge in [-0.15, -0.1) is 5.10 Å². The van der Waals surface area contributed by atoms with E-state index in [2.05, 4.69) is 29.5 Å². The zero-order chi connectivity index (χ0) is 11.5. The second-order valence-corrected chi connectivity index (χ2v) is 4.42. The molecule has 16 heavy (non-hydrogen) atoms. The number of hydrogen-bond acceptors (Lipinski definition) is 4. The molecule has 0 amide bonds. The summed E-state index contributed by atoms with van der Waals surface area (Å²) in [6, 6.07) is 0.197. The Labute approximate surface area is 96.2 Å². The fraction of sp³-hybridized carbons (Fsp3) is 0.818. The summed E-state index contributed by atoms with van der Waals surface area (Å²) >= 11 is 0. The van der Waals surface area contributed by atoms with Crippen LogP contribution in [0.1, 0.15) is 32.0 Å². The van der Waals surface area contributed by atoms with Crippen LogP contribution >= 0.6 is 0 Å². The maximum Gasteiger partial charge on any atom is 0.0811 e. The topological polar surface area (TPSA) is 52.0 Å². The summed E-state index contributed by atoms with van der Waals surface area (Å²) in [5.74, 6) is 0.582. The normalized spacial score (nSPS) is 27.2. The maximum atomic E-state index is 5.83. The van der Waals surface area contributed by atoms with Crippen molar-refractivity contribution in [2.75, 3.05) is 13.2 Å². The molecule has 1 aromatic heterocycles. The van der Waals surface area contributed by atoms with Gasteiger partial charge in [-0.1, -0.05) is 19.1 Å². The number of ether oxygens (including phenoxy) is 1. The Morgan fingerprint density at radius 1 is 1.69 bits per heavy atom. The molecule has 0 radical (unpaired) electrons. The molecule has 1 aliphatic heterocycles. The molecule has 1 N–H and O–H groups in total. The molecule has 0 aromatic carbocycles. The molecular formula is C11H20N4O. The Kier molecular flexibility index (Phi) is 3.56. The molecule has 1 aromatic rings. The van der Waals surface area contributed by atoms with Crippen LogP contribution in [0.15, 0.2) is 6.20 Å². The number of aromatic nitrogens is 3. The van der Waals surface area contributed by atoms with Crippen molar-refractivity contribution in [3.05, 3.63) is 11.9 Å². The lowest BCUT2D eigenvalue weighted by atomic mass is 9.95. The molecule has 1 saturated heterocycles. The highest BCUT2D eigenvalue weighted by Gasteiger charge is 2.34. The molecule has 3 atom stereocenters.